The van der Waals surface area contributed by atoms with E-state index in [-0.39, 0.29) is 0 Å². The van der Waals surface area contributed by atoms with Gasteiger partial charge in [-0.3, -0.25) is 0 Å². The number of anilines is 1. The number of ether oxygens (including phenoxy) is 1. The molecule has 0 unspecified atom stereocenters. The normalized spacial score (nSPS) is 10.4. The van der Waals surface area contributed by atoms with Crippen LogP contribution in [-0.2, 0) is 10.5 Å². The fraction of sp³-hybridized carbons (Fsp3) is 0.400. The predicted octanol–water partition coefficient (Wildman–Crippen LogP) is 2.80. The van der Waals surface area contributed by atoms with Gasteiger partial charge in [0.2, 0.25) is 0 Å². The van der Waals surface area contributed by atoms with Crippen LogP contribution in [0.3, 0.4) is 0 Å². The third-order valence-corrected chi connectivity index (χ3v) is 3.09. The highest BCUT2D eigenvalue weighted by atomic mass is 35.5. The zero-order valence-corrected chi connectivity index (χ0v) is 9.70. The summed E-state index contributed by atoms with van der Waals surface area (Å²) in [6.07, 6.45) is 0. The van der Waals surface area contributed by atoms with Crippen LogP contribution in [0, 0.1) is 0 Å². The molecule has 0 spiro atoms. The lowest BCUT2D eigenvalue weighted by atomic mass is 10.2. The highest BCUT2D eigenvalue weighted by Crippen LogP contribution is 2.23. The van der Waals surface area contributed by atoms with Crippen molar-refractivity contribution >= 4 is 29.1 Å². The van der Waals surface area contributed by atoms with Gasteiger partial charge >= 0.3 is 0 Å². The lowest BCUT2D eigenvalue weighted by Crippen LogP contribution is -1.93. The van der Waals surface area contributed by atoms with Crippen molar-refractivity contribution in [3.8, 4) is 0 Å². The molecule has 0 aliphatic heterocycles. The van der Waals surface area contributed by atoms with Gasteiger partial charge in [0.15, 0.2) is 0 Å². The number of nitrogen functional groups attached to an aromatic ring is 1. The molecule has 1 aromatic rings. The van der Waals surface area contributed by atoms with Crippen LogP contribution in [0.1, 0.15) is 5.56 Å². The van der Waals surface area contributed by atoms with E-state index in [2.05, 4.69) is 0 Å². The fourth-order valence-electron chi connectivity index (χ4n) is 1.01. The number of methoxy groups -OCH3 is 1. The zero-order valence-electron chi connectivity index (χ0n) is 8.13. The van der Waals surface area contributed by atoms with E-state index in [4.69, 9.17) is 22.1 Å². The Morgan fingerprint density at radius 3 is 2.93 bits per heavy atom. The molecule has 14 heavy (non-hydrogen) atoms. The van der Waals surface area contributed by atoms with Crippen molar-refractivity contribution < 1.29 is 4.74 Å². The van der Waals surface area contributed by atoms with Crippen molar-refractivity contribution in [3.63, 3.8) is 0 Å². The van der Waals surface area contributed by atoms with Gasteiger partial charge in [0, 0.05) is 29.3 Å². The highest BCUT2D eigenvalue weighted by molar-refractivity contribution is 7.98. The minimum Gasteiger partial charge on any atom is -0.399 e. The van der Waals surface area contributed by atoms with Gasteiger partial charge in [-0.25, -0.2) is 0 Å². The van der Waals surface area contributed by atoms with Crippen molar-refractivity contribution in [1.29, 1.82) is 0 Å². The van der Waals surface area contributed by atoms with Crippen LogP contribution in [-0.4, -0.2) is 19.5 Å². The second-order valence-electron chi connectivity index (χ2n) is 2.90. The Bertz CT molecular complexity index is 293. The molecule has 0 amide bonds. The number of hydrogen-bond donors (Lipinski definition) is 1. The molecular formula is C10H14ClNOS. The predicted molar refractivity (Wildman–Crippen MR) is 63.9 cm³/mol. The van der Waals surface area contributed by atoms with Crippen LogP contribution in [0.2, 0.25) is 5.02 Å². The number of benzene rings is 1. The SMILES string of the molecule is COCCSCc1ccc(N)cc1Cl. The van der Waals surface area contributed by atoms with Crippen LogP contribution in [0.4, 0.5) is 5.69 Å². The first kappa shape index (κ1) is 11.7. The summed E-state index contributed by atoms with van der Waals surface area (Å²) in [5.41, 5.74) is 7.43. The summed E-state index contributed by atoms with van der Waals surface area (Å²) < 4.78 is 4.96. The molecule has 78 valence electrons. The molecule has 2 nitrogen and oxygen atoms in total. The summed E-state index contributed by atoms with van der Waals surface area (Å²) in [6, 6.07) is 5.63. The summed E-state index contributed by atoms with van der Waals surface area (Å²) >= 11 is 7.82. The minimum absolute atomic E-state index is 0.709. The maximum Gasteiger partial charge on any atom is 0.0553 e. The van der Waals surface area contributed by atoms with Gasteiger partial charge < -0.3 is 10.5 Å². The molecular weight excluding hydrogens is 218 g/mol. The van der Waals surface area contributed by atoms with E-state index >= 15 is 0 Å². The van der Waals surface area contributed by atoms with Gasteiger partial charge in [0.25, 0.3) is 0 Å². The quantitative estimate of drug-likeness (QED) is 0.625. The summed E-state index contributed by atoms with van der Waals surface area (Å²) in [5.74, 6) is 1.89. The van der Waals surface area contributed by atoms with Crippen molar-refractivity contribution in [3.05, 3.63) is 28.8 Å². The standard InChI is InChI=1S/C10H14ClNOS/c1-13-4-5-14-7-8-2-3-9(12)6-10(8)11/h2-3,6H,4-5,7,12H2,1H3. The molecule has 0 bridgehead atoms. The summed E-state index contributed by atoms with van der Waals surface area (Å²) in [6.45, 7) is 0.775. The lowest BCUT2D eigenvalue weighted by Gasteiger charge is -2.04. The smallest absolute Gasteiger partial charge is 0.0553 e. The monoisotopic (exact) mass is 231 g/mol. The van der Waals surface area contributed by atoms with E-state index in [1.165, 1.54) is 0 Å². The molecule has 1 aromatic carbocycles. The maximum atomic E-state index is 6.02. The van der Waals surface area contributed by atoms with Crippen LogP contribution in [0.25, 0.3) is 0 Å². The topological polar surface area (TPSA) is 35.2 Å². The molecule has 0 fully saturated rings. The number of nitrogens with two attached hydrogens (primary N) is 1. The third-order valence-electron chi connectivity index (χ3n) is 1.77. The highest BCUT2D eigenvalue weighted by Gasteiger charge is 2.00. The van der Waals surface area contributed by atoms with E-state index in [1.807, 2.05) is 12.1 Å². The molecule has 0 aromatic heterocycles. The van der Waals surface area contributed by atoms with Crippen LogP contribution in [0.15, 0.2) is 18.2 Å². The number of halogens is 1. The Morgan fingerprint density at radius 1 is 1.50 bits per heavy atom. The number of hydrogen-bond acceptors (Lipinski definition) is 3. The van der Waals surface area contributed by atoms with Gasteiger partial charge in [0.1, 0.15) is 0 Å². The average Bonchev–Trinajstić information content (AvgIpc) is 2.15. The molecule has 0 atom stereocenters. The lowest BCUT2D eigenvalue weighted by molar-refractivity contribution is 0.218. The largest absolute Gasteiger partial charge is 0.399 e. The molecule has 0 aliphatic carbocycles. The Labute approximate surface area is 93.8 Å². The van der Waals surface area contributed by atoms with E-state index in [1.54, 1.807) is 24.9 Å². The first-order valence-corrected chi connectivity index (χ1v) is 5.88. The van der Waals surface area contributed by atoms with Gasteiger partial charge in [-0.05, 0) is 17.7 Å². The van der Waals surface area contributed by atoms with Crippen molar-refractivity contribution in [2.24, 2.45) is 0 Å². The number of rotatable bonds is 5. The molecule has 0 aliphatic rings. The van der Waals surface area contributed by atoms with Crippen molar-refractivity contribution in [2.75, 3.05) is 25.2 Å². The Kier molecular flexibility index (Phi) is 5.15. The average molecular weight is 232 g/mol. The Balaban J connectivity index is 2.42. The Hall–Kier alpha value is -0.380. The van der Waals surface area contributed by atoms with Crippen LogP contribution in [0.5, 0.6) is 0 Å². The second-order valence-corrected chi connectivity index (χ2v) is 4.41. The Morgan fingerprint density at radius 2 is 2.29 bits per heavy atom. The summed E-state index contributed by atoms with van der Waals surface area (Å²) in [7, 11) is 1.71. The first-order chi connectivity index (χ1) is 6.74. The van der Waals surface area contributed by atoms with Crippen molar-refractivity contribution in [1.82, 2.24) is 0 Å². The second kappa shape index (κ2) is 6.17. The minimum atomic E-state index is 0.709. The zero-order chi connectivity index (χ0) is 10.4. The molecule has 2 N–H and O–H groups in total. The maximum absolute atomic E-state index is 6.02. The van der Waals surface area contributed by atoms with Gasteiger partial charge in [0.05, 0.1) is 6.61 Å². The van der Waals surface area contributed by atoms with Gasteiger partial charge in [-0.2, -0.15) is 11.8 Å². The van der Waals surface area contributed by atoms with Crippen LogP contribution < -0.4 is 5.73 Å². The fourth-order valence-corrected chi connectivity index (χ4v) is 2.24. The first-order valence-electron chi connectivity index (χ1n) is 4.34. The van der Waals surface area contributed by atoms with E-state index in [0.29, 0.717) is 5.69 Å². The molecule has 0 heterocycles. The molecule has 1 rings (SSSR count). The van der Waals surface area contributed by atoms with Crippen LogP contribution >= 0.6 is 23.4 Å². The van der Waals surface area contributed by atoms with E-state index in [9.17, 15) is 0 Å². The van der Waals surface area contributed by atoms with E-state index in [0.717, 1.165) is 28.7 Å². The summed E-state index contributed by atoms with van der Waals surface area (Å²) in [5, 5.41) is 0.745. The van der Waals surface area contributed by atoms with E-state index < -0.39 is 0 Å². The van der Waals surface area contributed by atoms with Gasteiger partial charge in [-0.15, -0.1) is 0 Å². The summed E-state index contributed by atoms with van der Waals surface area (Å²) in [4.78, 5) is 0. The number of thioether (sulfide) groups is 1. The third kappa shape index (κ3) is 3.78. The van der Waals surface area contributed by atoms with Crippen molar-refractivity contribution in [2.45, 2.75) is 5.75 Å². The molecule has 0 radical (unpaired) electrons. The molecule has 4 heteroatoms. The molecule has 0 saturated carbocycles. The van der Waals surface area contributed by atoms with Gasteiger partial charge in [-0.1, -0.05) is 17.7 Å². The molecule has 0 saturated heterocycles.